The topological polar surface area (TPSA) is 26.3 Å². The number of carbonyl (C=O) groups is 1. The van der Waals surface area contributed by atoms with E-state index >= 15 is 0 Å². The number of hydrogen-bond donors (Lipinski definition) is 0. The Morgan fingerprint density at radius 1 is 1.21 bits per heavy atom. The maximum atomic E-state index is 11.7. The first-order valence-electron chi connectivity index (χ1n) is 6.59. The average Bonchev–Trinajstić information content (AvgIpc) is 3.28. The van der Waals surface area contributed by atoms with Crippen LogP contribution in [0.5, 0.6) is 0 Å². The van der Waals surface area contributed by atoms with Crippen LogP contribution in [0.2, 0.25) is 0 Å². The van der Waals surface area contributed by atoms with Crippen LogP contribution in [0.4, 0.5) is 0 Å². The van der Waals surface area contributed by atoms with Gasteiger partial charge in [-0.1, -0.05) is 43.0 Å². The van der Waals surface area contributed by atoms with Gasteiger partial charge in [-0.05, 0) is 41.3 Å². The van der Waals surface area contributed by atoms with Crippen molar-refractivity contribution in [3.63, 3.8) is 0 Å². The molecule has 0 N–H and O–H groups in total. The SMILES string of the molecule is C=CC(OC(=O)C1CC1)c1ccc2ccccc2c1. The molecule has 0 saturated heterocycles. The highest BCUT2D eigenvalue weighted by Crippen LogP contribution is 2.33. The quantitative estimate of drug-likeness (QED) is 0.607. The van der Waals surface area contributed by atoms with E-state index in [4.69, 9.17) is 4.74 Å². The van der Waals surface area contributed by atoms with Crippen molar-refractivity contribution in [1.82, 2.24) is 0 Å². The van der Waals surface area contributed by atoms with Gasteiger partial charge in [0.1, 0.15) is 6.10 Å². The molecule has 19 heavy (non-hydrogen) atoms. The van der Waals surface area contributed by atoms with E-state index in [1.54, 1.807) is 6.08 Å². The summed E-state index contributed by atoms with van der Waals surface area (Å²) in [6.07, 6.45) is 3.25. The van der Waals surface area contributed by atoms with Gasteiger partial charge in [0.15, 0.2) is 0 Å². The zero-order chi connectivity index (χ0) is 13.2. The first-order chi connectivity index (χ1) is 9.28. The molecule has 1 unspecified atom stereocenters. The van der Waals surface area contributed by atoms with Crippen molar-refractivity contribution in [2.45, 2.75) is 18.9 Å². The highest BCUT2D eigenvalue weighted by molar-refractivity contribution is 5.83. The molecule has 2 heteroatoms. The van der Waals surface area contributed by atoms with E-state index in [1.165, 1.54) is 5.39 Å². The molecule has 0 aromatic heterocycles. The molecule has 96 valence electrons. The molecular weight excluding hydrogens is 236 g/mol. The lowest BCUT2D eigenvalue weighted by molar-refractivity contribution is -0.148. The molecule has 1 fully saturated rings. The number of hydrogen-bond acceptors (Lipinski definition) is 2. The molecule has 1 saturated carbocycles. The summed E-state index contributed by atoms with van der Waals surface area (Å²) in [5, 5.41) is 2.33. The third-order valence-corrected chi connectivity index (χ3v) is 3.47. The van der Waals surface area contributed by atoms with E-state index in [2.05, 4.69) is 24.8 Å². The van der Waals surface area contributed by atoms with Crippen LogP contribution < -0.4 is 0 Å². The molecule has 0 heterocycles. The maximum Gasteiger partial charge on any atom is 0.309 e. The van der Waals surface area contributed by atoms with E-state index in [0.29, 0.717) is 0 Å². The second-order valence-electron chi connectivity index (χ2n) is 4.97. The van der Waals surface area contributed by atoms with Gasteiger partial charge in [-0.25, -0.2) is 0 Å². The molecule has 0 spiro atoms. The Morgan fingerprint density at radius 2 is 1.95 bits per heavy atom. The first kappa shape index (κ1) is 12.0. The lowest BCUT2D eigenvalue weighted by atomic mass is 10.0. The van der Waals surface area contributed by atoms with Crippen LogP contribution in [0, 0.1) is 5.92 Å². The Morgan fingerprint density at radius 3 is 2.63 bits per heavy atom. The average molecular weight is 252 g/mol. The van der Waals surface area contributed by atoms with Crippen molar-refractivity contribution >= 4 is 16.7 Å². The predicted octanol–water partition coefficient (Wildman–Crippen LogP) is 4.02. The third kappa shape index (κ3) is 2.53. The molecule has 0 amide bonds. The van der Waals surface area contributed by atoms with Crippen molar-refractivity contribution in [2.75, 3.05) is 0 Å². The summed E-state index contributed by atoms with van der Waals surface area (Å²) < 4.78 is 5.50. The highest BCUT2D eigenvalue weighted by atomic mass is 16.5. The Labute approximate surface area is 112 Å². The molecule has 2 aromatic carbocycles. The lowest BCUT2D eigenvalue weighted by Crippen LogP contribution is -2.11. The smallest absolute Gasteiger partial charge is 0.309 e. The van der Waals surface area contributed by atoms with Crippen molar-refractivity contribution in [3.05, 3.63) is 60.7 Å². The number of ether oxygens (including phenoxy) is 1. The molecule has 2 aromatic rings. The molecule has 0 bridgehead atoms. The van der Waals surface area contributed by atoms with Crippen LogP contribution in [0.1, 0.15) is 24.5 Å². The zero-order valence-corrected chi connectivity index (χ0v) is 10.7. The van der Waals surface area contributed by atoms with Crippen LogP contribution in [0.15, 0.2) is 55.1 Å². The Kier molecular flexibility index (Phi) is 3.08. The Hall–Kier alpha value is -2.09. The summed E-state index contributed by atoms with van der Waals surface area (Å²) in [6, 6.07) is 14.2. The van der Waals surface area contributed by atoms with Crippen LogP contribution in [0.3, 0.4) is 0 Å². The molecule has 1 atom stereocenters. The maximum absolute atomic E-state index is 11.7. The molecule has 1 aliphatic carbocycles. The minimum absolute atomic E-state index is 0.0990. The van der Waals surface area contributed by atoms with E-state index in [9.17, 15) is 4.79 Å². The first-order valence-corrected chi connectivity index (χ1v) is 6.59. The van der Waals surface area contributed by atoms with E-state index in [-0.39, 0.29) is 18.0 Å². The number of esters is 1. The predicted molar refractivity (Wildman–Crippen MR) is 75.7 cm³/mol. The van der Waals surface area contributed by atoms with E-state index in [1.807, 2.05) is 24.3 Å². The van der Waals surface area contributed by atoms with Gasteiger partial charge in [-0.15, -0.1) is 0 Å². The minimum Gasteiger partial charge on any atom is -0.453 e. The van der Waals surface area contributed by atoms with Gasteiger partial charge in [0.2, 0.25) is 0 Å². The molecule has 1 aliphatic rings. The second kappa shape index (κ2) is 4.88. The summed E-state index contributed by atoms with van der Waals surface area (Å²) in [7, 11) is 0. The minimum atomic E-state index is -0.349. The fourth-order valence-electron chi connectivity index (χ4n) is 2.18. The van der Waals surface area contributed by atoms with Gasteiger partial charge in [-0.3, -0.25) is 4.79 Å². The fourth-order valence-corrected chi connectivity index (χ4v) is 2.18. The molecule has 3 rings (SSSR count). The van der Waals surface area contributed by atoms with E-state index < -0.39 is 0 Å². The largest absolute Gasteiger partial charge is 0.453 e. The van der Waals surface area contributed by atoms with Crippen molar-refractivity contribution in [3.8, 4) is 0 Å². The van der Waals surface area contributed by atoms with Gasteiger partial charge < -0.3 is 4.74 Å². The van der Waals surface area contributed by atoms with Crippen LogP contribution in [0.25, 0.3) is 10.8 Å². The normalized spacial score (nSPS) is 16.0. The lowest BCUT2D eigenvalue weighted by Gasteiger charge is -2.15. The van der Waals surface area contributed by atoms with Crippen molar-refractivity contribution in [2.24, 2.45) is 5.92 Å². The van der Waals surface area contributed by atoms with Gasteiger partial charge in [0.05, 0.1) is 5.92 Å². The molecule has 0 aliphatic heterocycles. The fraction of sp³-hybridized carbons (Fsp3) is 0.235. The standard InChI is InChI=1S/C17H16O2/c1-2-16(19-17(18)13-8-9-13)15-10-7-12-5-3-4-6-14(12)11-15/h2-7,10-11,13,16H,1,8-9H2. The second-order valence-corrected chi connectivity index (χ2v) is 4.97. The summed E-state index contributed by atoms with van der Waals surface area (Å²) in [5.41, 5.74) is 0.975. The van der Waals surface area contributed by atoms with E-state index in [0.717, 1.165) is 23.8 Å². The van der Waals surface area contributed by atoms with Crippen LogP contribution in [-0.4, -0.2) is 5.97 Å². The monoisotopic (exact) mass is 252 g/mol. The van der Waals surface area contributed by atoms with Gasteiger partial charge in [-0.2, -0.15) is 0 Å². The van der Waals surface area contributed by atoms with Gasteiger partial charge >= 0.3 is 5.97 Å². The molecule has 2 nitrogen and oxygen atoms in total. The van der Waals surface area contributed by atoms with Gasteiger partial charge in [0.25, 0.3) is 0 Å². The Bertz CT molecular complexity index is 626. The van der Waals surface area contributed by atoms with Crippen molar-refractivity contribution in [1.29, 1.82) is 0 Å². The Balaban J connectivity index is 1.87. The number of fused-ring (bicyclic) bond motifs is 1. The van der Waals surface area contributed by atoms with Crippen LogP contribution >= 0.6 is 0 Å². The number of benzene rings is 2. The third-order valence-electron chi connectivity index (χ3n) is 3.47. The molecular formula is C17H16O2. The van der Waals surface area contributed by atoms with Gasteiger partial charge in [0, 0.05) is 0 Å². The summed E-state index contributed by atoms with van der Waals surface area (Å²) in [4.78, 5) is 11.7. The van der Waals surface area contributed by atoms with Crippen LogP contribution in [-0.2, 0) is 9.53 Å². The zero-order valence-electron chi connectivity index (χ0n) is 10.7. The molecule has 0 radical (unpaired) electrons. The number of carbonyl (C=O) groups excluding carboxylic acids is 1. The number of rotatable bonds is 4. The summed E-state index contributed by atoms with van der Waals surface area (Å²) in [6.45, 7) is 3.77. The van der Waals surface area contributed by atoms with Crippen molar-refractivity contribution < 1.29 is 9.53 Å². The summed E-state index contributed by atoms with van der Waals surface area (Å²) in [5.74, 6) is 0.0148. The highest BCUT2D eigenvalue weighted by Gasteiger charge is 2.32. The summed E-state index contributed by atoms with van der Waals surface area (Å²) >= 11 is 0.